The monoisotopic (exact) mass is 391 g/mol. The molecule has 3 aromatic rings. The summed E-state index contributed by atoms with van der Waals surface area (Å²) in [7, 11) is 0. The molecular weight excluding hydrogens is 370 g/mol. The summed E-state index contributed by atoms with van der Waals surface area (Å²) in [4.78, 5) is 9.47. The van der Waals surface area contributed by atoms with Gasteiger partial charge in [0.15, 0.2) is 5.82 Å². The second-order valence-electron chi connectivity index (χ2n) is 7.77. The normalized spacial score (nSPS) is 17.0. The molecule has 0 amide bonds. The van der Waals surface area contributed by atoms with Crippen molar-refractivity contribution in [1.82, 2.24) is 15.3 Å². The highest BCUT2D eigenvalue weighted by Crippen LogP contribution is 2.38. The van der Waals surface area contributed by atoms with E-state index in [0.717, 1.165) is 40.7 Å². The van der Waals surface area contributed by atoms with E-state index < -0.39 is 0 Å². The minimum absolute atomic E-state index is 0.290. The molecule has 1 spiro atoms. The Morgan fingerprint density at radius 2 is 1.82 bits per heavy atom. The Kier molecular flexibility index (Phi) is 4.53. The summed E-state index contributed by atoms with van der Waals surface area (Å²) in [5.74, 6) is 1.62. The number of aromatic nitrogens is 2. The quantitative estimate of drug-likeness (QED) is 0.684. The Balaban J connectivity index is 1.29. The van der Waals surface area contributed by atoms with Crippen LogP contribution in [0.2, 0.25) is 5.02 Å². The van der Waals surface area contributed by atoms with Crippen molar-refractivity contribution in [1.29, 1.82) is 0 Å². The van der Waals surface area contributed by atoms with Crippen LogP contribution in [-0.4, -0.2) is 15.5 Å². The van der Waals surface area contributed by atoms with E-state index in [-0.39, 0.29) is 5.54 Å². The minimum atomic E-state index is 0.290. The van der Waals surface area contributed by atoms with E-state index in [2.05, 4.69) is 10.3 Å². The van der Waals surface area contributed by atoms with Gasteiger partial charge < -0.3 is 10.1 Å². The molecule has 0 saturated heterocycles. The van der Waals surface area contributed by atoms with Crippen LogP contribution in [0.3, 0.4) is 0 Å². The maximum absolute atomic E-state index is 5.92. The molecule has 142 valence electrons. The van der Waals surface area contributed by atoms with Gasteiger partial charge in [0.1, 0.15) is 12.4 Å². The molecule has 0 bridgehead atoms. The molecule has 28 heavy (non-hydrogen) atoms. The molecule has 1 fully saturated rings. The molecule has 5 rings (SSSR count). The molecule has 1 aliphatic carbocycles. The lowest BCUT2D eigenvalue weighted by Gasteiger charge is -2.45. The summed E-state index contributed by atoms with van der Waals surface area (Å²) in [6.45, 7) is 1.40. The van der Waals surface area contributed by atoms with Gasteiger partial charge >= 0.3 is 0 Å². The van der Waals surface area contributed by atoms with E-state index in [1.807, 2.05) is 54.7 Å². The third kappa shape index (κ3) is 3.50. The zero-order valence-electron chi connectivity index (χ0n) is 15.6. The fourth-order valence-corrected chi connectivity index (χ4v) is 4.08. The van der Waals surface area contributed by atoms with Gasteiger partial charge in [-0.2, -0.15) is 0 Å². The van der Waals surface area contributed by atoms with Crippen LogP contribution in [-0.2, 0) is 19.6 Å². The molecule has 0 atom stereocenters. The van der Waals surface area contributed by atoms with E-state index in [0.29, 0.717) is 6.61 Å². The van der Waals surface area contributed by atoms with Gasteiger partial charge in [0, 0.05) is 40.9 Å². The fraction of sp³-hybridized carbons (Fsp3) is 0.304. The summed E-state index contributed by atoms with van der Waals surface area (Å²) >= 11 is 5.92. The van der Waals surface area contributed by atoms with E-state index in [1.165, 1.54) is 30.5 Å². The Hall–Kier alpha value is -2.43. The molecular formula is C23H22ClN3O. The standard InChI is InChI=1S/C23H22ClN3O/c24-19-6-2-16(3-7-19)15-28-20-8-4-17(5-9-20)22-25-13-18-14-26-23(10-1-11-23)12-21(18)27-22/h2-9,13,26H,1,10-12,14-15H2. The van der Waals surface area contributed by atoms with Crippen molar-refractivity contribution in [2.45, 2.75) is 44.4 Å². The first-order valence-electron chi connectivity index (χ1n) is 9.77. The van der Waals surface area contributed by atoms with Crippen LogP contribution in [0, 0.1) is 0 Å². The Morgan fingerprint density at radius 3 is 2.54 bits per heavy atom. The van der Waals surface area contributed by atoms with Gasteiger partial charge in [-0.1, -0.05) is 23.7 Å². The number of halogens is 1. The first-order chi connectivity index (χ1) is 13.7. The topological polar surface area (TPSA) is 47.0 Å². The molecule has 2 aliphatic rings. The van der Waals surface area contributed by atoms with Crippen molar-refractivity contribution in [2.24, 2.45) is 0 Å². The van der Waals surface area contributed by atoms with E-state index in [9.17, 15) is 0 Å². The van der Waals surface area contributed by atoms with Crippen molar-refractivity contribution in [2.75, 3.05) is 0 Å². The van der Waals surface area contributed by atoms with Crippen LogP contribution >= 0.6 is 11.6 Å². The number of hydrogen-bond acceptors (Lipinski definition) is 4. The fourth-order valence-electron chi connectivity index (χ4n) is 3.95. The van der Waals surface area contributed by atoms with E-state index in [4.69, 9.17) is 21.3 Å². The SMILES string of the molecule is Clc1ccc(COc2ccc(-c3ncc4c(n3)CC3(CCC3)NC4)cc2)cc1. The number of nitrogens with one attached hydrogen (secondary N) is 1. The smallest absolute Gasteiger partial charge is 0.159 e. The van der Waals surface area contributed by atoms with Gasteiger partial charge in [0.2, 0.25) is 0 Å². The van der Waals surface area contributed by atoms with E-state index >= 15 is 0 Å². The Bertz CT molecular complexity index is 982. The number of nitrogens with zero attached hydrogens (tertiary/aromatic N) is 2. The second kappa shape index (κ2) is 7.19. The molecule has 1 N–H and O–H groups in total. The first kappa shape index (κ1) is 17.7. The molecule has 4 nitrogen and oxygen atoms in total. The first-order valence-corrected chi connectivity index (χ1v) is 10.1. The van der Waals surface area contributed by atoms with Crippen molar-refractivity contribution < 1.29 is 4.74 Å². The minimum Gasteiger partial charge on any atom is -0.489 e. The van der Waals surface area contributed by atoms with Crippen LogP contribution in [0.5, 0.6) is 5.75 Å². The summed E-state index contributed by atoms with van der Waals surface area (Å²) in [5.41, 5.74) is 4.82. The summed E-state index contributed by atoms with van der Waals surface area (Å²) in [5, 5.41) is 4.42. The lowest BCUT2D eigenvalue weighted by atomic mass is 9.71. The highest BCUT2D eigenvalue weighted by Gasteiger charge is 2.40. The molecule has 1 saturated carbocycles. The molecule has 1 aliphatic heterocycles. The van der Waals surface area contributed by atoms with Crippen LogP contribution < -0.4 is 10.1 Å². The van der Waals surface area contributed by atoms with Crippen molar-refractivity contribution in [3.05, 3.63) is 76.6 Å². The van der Waals surface area contributed by atoms with Gasteiger partial charge in [-0.3, -0.25) is 0 Å². The number of ether oxygens (including phenoxy) is 1. The molecule has 0 unspecified atom stereocenters. The van der Waals surface area contributed by atoms with Crippen molar-refractivity contribution in [3.8, 4) is 17.1 Å². The van der Waals surface area contributed by atoms with Crippen LogP contribution in [0.15, 0.2) is 54.7 Å². The van der Waals surface area contributed by atoms with Crippen LogP contribution in [0.4, 0.5) is 0 Å². The van der Waals surface area contributed by atoms with Crippen molar-refractivity contribution in [3.63, 3.8) is 0 Å². The number of fused-ring (bicyclic) bond motifs is 1. The summed E-state index contributed by atoms with van der Waals surface area (Å²) in [6.07, 6.45) is 6.82. The van der Waals surface area contributed by atoms with Gasteiger partial charge in [0.05, 0.1) is 5.69 Å². The number of benzene rings is 2. The molecule has 2 aromatic carbocycles. The Morgan fingerprint density at radius 1 is 1.04 bits per heavy atom. The Labute approximate surface area is 169 Å². The third-order valence-electron chi connectivity index (χ3n) is 5.86. The van der Waals surface area contributed by atoms with Gasteiger partial charge in [-0.25, -0.2) is 9.97 Å². The van der Waals surface area contributed by atoms with Gasteiger partial charge in [-0.05, 0) is 61.2 Å². The second-order valence-corrected chi connectivity index (χ2v) is 8.21. The number of rotatable bonds is 4. The zero-order chi connectivity index (χ0) is 19.0. The number of hydrogen-bond donors (Lipinski definition) is 1. The van der Waals surface area contributed by atoms with Gasteiger partial charge in [0.25, 0.3) is 0 Å². The van der Waals surface area contributed by atoms with Crippen LogP contribution in [0.1, 0.15) is 36.1 Å². The predicted molar refractivity (Wildman–Crippen MR) is 110 cm³/mol. The largest absolute Gasteiger partial charge is 0.489 e. The van der Waals surface area contributed by atoms with E-state index in [1.54, 1.807) is 0 Å². The third-order valence-corrected chi connectivity index (χ3v) is 6.11. The lowest BCUT2D eigenvalue weighted by molar-refractivity contribution is 0.168. The van der Waals surface area contributed by atoms with Gasteiger partial charge in [-0.15, -0.1) is 0 Å². The molecule has 0 radical (unpaired) electrons. The summed E-state index contributed by atoms with van der Waals surface area (Å²) < 4.78 is 5.87. The van der Waals surface area contributed by atoms with Crippen molar-refractivity contribution >= 4 is 11.6 Å². The predicted octanol–water partition coefficient (Wildman–Crippen LogP) is 4.94. The average Bonchev–Trinajstić information content (AvgIpc) is 2.72. The maximum atomic E-state index is 5.92. The highest BCUT2D eigenvalue weighted by molar-refractivity contribution is 6.30. The maximum Gasteiger partial charge on any atom is 0.159 e. The highest BCUT2D eigenvalue weighted by atomic mass is 35.5. The molecule has 2 heterocycles. The molecule has 5 heteroatoms. The van der Waals surface area contributed by atoms with Crippen LogP contribution in [0.25, 0.3) is 11.4 Å². The lowest BCUT2D eigenvalue weighted by Crippen LogP contribution is -2.55. The molecule has 1 aromatic heterocycles. The zero-order valence-corrected chi connectivity index (χ0v) is 16.4. The average molecular weight is 392 g/mol. The summed E-state index contributed by atoms with van der Waals surface area (Å²) in [6, 6.07) is 15.7.